The third-order valence-electron chi connectivity index (χ3n) is 4.45. The summed E-state index contributed by atoms with van der Waals surface area (Å²) in [5.74, 6) is -0.530. The number of benzene rings is 3. The first kappa shape index (κ1) is 14.3. The van der Waals surface area contributed by atoms with Crippen molar-refractivity contribution in [2.24, 2.45) is 0 Å². The third-order valence-corrected chi connectivity index (χ3v) is 5.50. The van der Waals surface area contributed by atoms with Crippen molar-refractivity contribution < 1.29 is 9.59 Å². The van der Waals surface area contributed by atoms with Gasteiger partial charge in [0.05, 0.1) is 21.5 Å². The zero-order chi connectivity index (χ0) is 17.0. The maximum Gasteiger partial charge on any atom is 0.272 e. The van der Waals surface area contributed by atoms with Gasteiger partial charge in [-0.15, -0.1) is 0 Å². The fourth-order valence-corrected chi connectivity index (χ4v) is 4.22. The van der Waals surface area contributed by atoms with Crippen LogP contribution in [0.2, 0.25) is 0 Å². The molecule has 2 heterocycles. The molecule has 120 valence electrons. The topological polar surface area (TPSA) is 53.2 Å². The molecule has 0 unspecified atom stereocenters. The van der Waals surface area contributed by atoms with Gasteiger partial charge in [-0.2, -0.15) is 0 Å². The van der Waals surface area contributed by atoms with E-state index >= 15 is 0 Å². The van der Waals surface area contributed by atoms with Crippen LogP contribution >= 0.6 is 11.9 Å². The van der Waals surface area contributed by atoms with Gasteiger partial charge >= 0.3 is 0 Å². The second-order valence-corrected chi connectivity index (χ2v) is 6.88. The first-order valence-corrected chi connectivity index (χ1v) is 8.66. The van der Waals surface area contributed by atoms with Gasteiger partial charge in [-0.1, -0.05) is 42.5 Å². The van der Waals surface area contributed by atoms with Crippen LogP contribution in [0.1, 0.15) is 20.7 Å². The van der Waals surface area contributed by atoms with Crippen molar-refractivity contribution in [1.29, 1.82) is 0 Å². The molecule has 1 aliphatic heterocycles. The van der Waals surface area contributed by atoms with E-state index in [0.717, 1.165) is 26.7 Å². The van der Waals surface area contributed by atoms with E-state index in [4.69, 9.17) is 0 Å². The lowest BCUT2D eigenvalue weighted by Crippen LogP contribution is -2.21. The highest BCUT2D eigenvalue weighted by molar-refractivity contribution is 7.98. The molecule has 0 saturated heterocycles. The zero-order valence-electron chi connectivity index (χ0n) is 13.0. The number of aromatic amines is 1. The lowest BCUT2D eigenvalue weighted by atomic mass is 10.1. The van der Waals surface area contributed by atoms with Crippen LogP contribution in [0.3, 0.4) is 0 Å². The predicted octanol–water partition coefficient (Wildman–Crippen LogP) is 4.62. The molecule has 5 heteroatoms. The van der Waals surface area contributed by atoms with Crippen LogP contribution < -0.4 is 0 Å². The highest BCUT2D eigenvalue weighted by Crippen LogP contribution is 2.37. The molecule has 0 atom stereocenters. The van der Waals surface area contributed by atoms with E-state index < -0.39 is 0 Å². The number of carbonyl (C=O) groups is 2. The van der Waals surface area contributed by atoms with Gasteiger partial charge in [0.1, 0.15) is 0 Å². The van der Waals surface area contributed by atoms with Crippen molar-refractivity contribution >= 4 is 45.6 Å². The summed E-state index contributed by atoms with van der Waals surface area (Å²) in [6.45, 7) is 0. The smallest absolute Gasteiger partial charge is 0.272 e. The van der Waals surface area contributed by atoms with Crippen LogP contribution in [0.5, 0.6) is 0 Å². The number of hydrogen-bond acceptors (Lipinski definition) is 3. The van der Waals surface area contributed by atoms with Crippen LogP contribution in [0, 0.1) is 0 Å². The molecule has 0 saturated carbocycles. The number of fused-ring (bicyclic) bond motifs is 4. The lowest BCUT2D eigenvalue weighted by Gasteiger charge is -2.12. The summed E-state index contributed by atoms with van der Waals surface area (Å²) in [4.78, 5) is 29.4. The van der Waals surface area contributed by atoms with Gasteiger partial charge < -0.3 is 4.98 Å². The van der Waals surface area contributed by atoms with Crippen LogP contribution in [0.4, 0.5) is 0 Å². The normalized spacial score (nSPS) is 13.8. The standard InChI is InChI=1S/C20H12N2O2S/c23-19-14-7-1-2-8-15(14)20(24)22(19)25-17-11-5-9-13-12-6-3-4-10-16(12)21-18(13)17/h1-11,21H. The number of para-hydroxylation sites is 2. The molecule has 0 radical (unpaired) electrons. The van der Waals surface area contributed by atoms with E-state index in [1.165, 1.54) is 16.3 Å². The van der Waals surface area contributed by atoms with Crippen molar-refractivity contribution in [3.05, 3.63) is 77.9 Å². The second-order valence-electron chi connectivity index (χ2n) is 5.89. The number of H-pyrrole nitrogens is 1. The number of imide groups is 1. The minimum Gasteiger partial charge on any atom is -0.354 e. The quantitative estimate of drug-likeness (QED) is 0.426. The summed E-state index contributed by atoms with van der Waals surface area (Å²) in [5.41, 5.74) is 2.89. The fourth-order valence-electron chi connectivity index (χ4n) is 3.27. The Morgan fingerprint density at radius 1 is 0.720 bits per heavy atom. The molecule has 25 heavy (non-hydrogen) atoms. The molecule has 4 nitrogen and oxygen atoms in total. The van der Waals surface area contributed by atoms with Gasteiger partial charge in [0, 0.05) is 28.2 Å². The summed E-state index contributed by atoms with van der Waals surface area (Å²) < 4.78 is 1.24. The fraction of sp³-hybridized carbons (Fsp3) is 0. The molecule has 4 aromatic rings. The number of amides is 2. The van der Waals surface area contributed by atoms with E-state index in [1.807, 2.05) is 36.4 Å². The molecule has 1 aliphatic rings. The number of carbonyl (C=O) groups excluding carboxylic acids is 2. The van der Waals surface area contributed by atoms with Crippen molar-refractivity contribution in [1.82, 2.24) is 9.29 Å². The van der Waals surface area contributed by atoms with E-state index in [-0.39, 0.29) is 11.8 Å². The Hall–Kier alpha value is -3.05. The molecule has 5 rings (SSSR count). The molecular weight excluding hydrogens is 332 g/mol. The molecule has 0 fully saturated rings. The highest BCUT2D eigenvalue weighted by atomic mass is 32.2. The summed E-state index contributed by atoms with van der Waals surface area (Å²) >= 11 is 1.17. The second kappa shape index (κ2) is 5.22. The Labute approximate surface area is 147 Å². The van der Waals surface area contributed by atoms with Gasteiger partial charge in [-0.3, -0.25) is 9.59 Å². The van der Waals surface area contributed by atoms with E-state index in [0.29, 0.717) is 11.1 Å². The molecular formula is C20H12N2O2S. The highest BCUT2D eigenvalue weighted by Gasteiger charge is 2.36. The van der Waals surface area contributed by atoms with Crippen molar-refractivity contribution in [3.8, 4) is 0 Å². The Kier molecular flexibility index (Phi) is 2.99. The van der Waals surface area contributed by atoms with Gasteiger partial charge in [0.15, 0.2) is 0 Å². The van der Waals surface area contributed by atoms with E-state index in [9.17, 15) is 9.59 Å². The summed E-state index contributed by atoms with van der Waals surface area (Å²) in [5, 5.41) is 2.21. The van der Waals surface area contributed by atoms with Crippen molar-refractivity contribution in [2.45, 2.75) is 4.90 Å². The van der Waals surface area contributed by atoms with E-state index in [2.05, 4.69) is 11.1 Å². The maximum atomic E-state index is 12.6. The SMILES string of the molecule is O=C1c2ccccc2C(=O)N1Sc1cccc2c1[nH]c1ccccc12. The number of hydrogen-bond donors (Lipinski definition) is 1. The molecule has 1 aromatic heterocycles. The lowest BCUT2D eigenvalue weighted by molar-refractivity contribution is 0.0777. The van der Waals surface area contributed by atoms with Gasteiger partial charge in [0.25, 0.3) is 11.8 Å². The molecule has 0 aliphatic carbocycles. The molecule has 1 N–H and O–H groups in total. The van der Waals surface area contributed by atoms with Crippen LogP contribution in [-0.2, 0) is 0 Å². The Balaban J connectivity index is 1.62. The molecule has 2 amide bonds. The first-order valence-electron chi connectivity index (χ1n) is 7.89. The van der Waals surface area contributed by atoms with Crippen LogP contribution in [-0.4, -0.2) is 21.1 Å². The Morgan fingerprint density at radius 3 is 2.12 bits per heavy atom. The summed E-state index contributed by atoms with van der Waals surface area (Å²) in [6, 6.07) is 20.9. The Bertz CT molecular complexity index is 1140. The molecule has 3 aromatic carbocycles. The van der Waals surface area contributed by atoms with Crippen LogP contribution in [0.15, 0.2) is 71.6 Å². The minimum atomic E-state index is -0.265. The monoisotopic (exact) mass is 344 g/mol. The average Bonchev–Trinajstić information content (AvgIpc) is 3.14. The number of nitrogens with zero attached hydrogens (tertiary/aromatic N) is 1. The number of rotatable bonds is 2. The molecule has 0 spiro atoms. The average molecular weight is 344 g/mol. The van der Waals surface area contributed by atoms with Crippen LogP contribution in [0.25, 0.3) is 21.8 Å². The minimum absolute atomic E-state index is 0.265. The van der Waals surface area contributed by atoms with Crippen molar-refractivity contribution in [3.63, 3.8) is 0 Å². The van der Waals surface area contributed by atoms with Gasteiger partial charge in [-0.05, 0) is 24.3 Å². The van der Waals surface area contributed by atoms with Gasteiger partial charge in [0.2, 0.25) is 0 Å². The zero-order valence-corrected chi connectivity index (χ0v) is 13.8. The Morgan fingerprint density at radius 2 is 1.36 bits per heavy atom. The first-order chi connectivity index (χ1) is 12.2. The maximum absolute atomic E-state index is 12.6. The molecule has 0 bridgehead atoms. The number of nitrogens with one attached hydrogen (secondary N) is 1. The third kappa shape index (κ3) is 2.03. The summed E-state index contributed by atoms with van der Waals surface area (Å²) in [7, 11) is 0. The number of aromatic nitrogens is 1. The largest absolute Gasteiger partial charge is 0.354 e. The summed E-state index contributed by atoms with van der Waals surface area (Å²) in [6.07, 6.45) is 0. The van der Waals surface area contributed by atoms with E-state index in [1.54, 1.807) is 24.3 Å². The van der Waals surface area contributed by atoms with Crippen molar-refractivity contribution in [2.75, 3.05) is 0 Å². The predicted molar refractivity (Wildman–Crippen MR) is 98.6 cm³/mol. The van der Waals surface area contributed by atoms with Gasteiger partial charge in [-0.25, -0.2) is 4.31 Å².